The largest absolute Gasteiger partial charge is 0.465 e. The predicted octanol–water partition coefficient (Wildman–Crippen LogP) is 3.52. The molecular weight excluding hydrogens is 486 g/mol. The van der Waals surface area contributed by atoms with Crippen LogP contribution in [0.3, 0.4) is 0 Å². The molecule has 3 aromatic carbocycles. The van der Waals surface area contributed by atoms with Gasteiger partial charge in [0.15, 0.2) is 4.80 Å². The summed E-state index contributed by atoms with van der Waals surface area (Å²) in [5.41, 5.74) is 3.20. The number of hydrogen-bond acceptors (Lipinski definition) is 6. The van der Waals surface area contributed by atoms with Gasteiger partial charge in [0.05, 0.1) is 33.5 Å². The van der Waals surface area contributed by atoms with Crippen LogP contribution in [0.4, 0.5) is 5.69 Å². The van der Waals surface area contributed by atoms with Gasteiger partial charge in [0.25, 0.3) is 15.9 Å². The maximum atomic E-state index is 13.2. The Labute approximate surface area is 205 Å². The average Bonchev–Trinajstić information content (AvgIpc) is 3.45. The molecule has 0 N–H and O–H groups in total. The number of benzene rings is 3. The van der Waals surface area contributed by atoms with Crippen molar-refractivity contribution in [2.75, 3.05) is 18.0 Å². The number of carbonyl (C=O) groups is 2. The van der Waals surface area contributed by atoms with Gasteiger partial charge in [-0.3, -0.25) is 9.10 Å². The Bertz CT molecular complexity index is 1650. The lowest BCUT2D eigenvalue weighted by Gasteiger charge is -2.19. The van der Waals surface area contributed by atoms with E-state index in [2.05, 4.69) is 4.99 Å². The first-order valence-corrected chi connectivity index (χ1v) is 13.0. The number of anilines is 1. The summed E-state index contributed by atoms with van der Waals surface area (Å²) in [6.45, 7) is 0.387. The number of hydrogen-bond donors (Lipinski definition) is 0. The second kappa shape index (κ2) is 8.79. The van der Waals surface area contributed by atoms with E-state index >= 15 is 0 Å². The molecule has 10 heteroatoms. The summed E-state index contributed by atoms with van der Waals surface area (Å²) in [6.07, 6.45) is 0.665. The number of para-hydroxylation sites is 1. The quantitative estimate of drug-likeness (QED) is 0.394. The van der Waals surface area contributed by atoms with Crippen LogP contribution in [0.25, 0.3) is 10.2 Å². The van der Waals surface area contributed by atoms with Crippen molar-refractivity contribution in [3.63, 3.8) is 0 Å². The minimum Gasteiger partial charge on any atom is -0.465 e. The second-order valence-electron chi connectivity index (χ2n) is 8.01. The van der Waals surface area contributed by atoms with E-state index in [4.69, 9.17) is 4.74 Å². The Kier molecular flexibility index (Phi) is 5.78. The first-order chi connectivity index (χ1) is 16.8. The highest BCUT2D eigenvalue weighted by atomic mass is 32.2. The number of thiazole rings is 1. The highest BCUT2D eigenvalue weighted by Gasteiger charge is 2.30. The molecule has 0 saturated heterocycles. The Morgan fingerprint density at radius 2 is 1.71 bits per heavy atom. The monoisotopic (exact) mass is 507 g/mol. The molecule has 1 aliphatic heterocycles. The lowest BCUT2D eigenvalue weighted by atomic mass is 10.2. The van der Waals surface area contributed by atoms with E-state index in [0.717, 1.165) is 15.8 Å². The van der Waals surface area contributed by atoms with Gasteiger partial charge in [-0.2, -0.15) is 4.99 Å². The molecule has 1 aromatic heterocycles. The second-order valence-corrected chi connectivity index (χ2v) is 10.9. The highest BCUT2D eigenvalue weighted by Crippen LogP contribution is 2.32. The third-order valence-electron chi connectivity index (χ3n) is 5.96. The molecule has 0 spiro atoms. The number of methoxy groups -OCH3 is 1. The number of aromatic nitrogens is 1. The van der Waals surface area contributed by atoms with Crippen molar-refractivity contribution in [3.05, 3.63) is 88.2 Å². The fourth-order valence-corrected chi connectivity index (χ4v) is 6.65. The number of amides is 1. The molecule has 0 unspecified atom stereocenters. The van der Waals surface area contributed by atoms with Crippen LogP contribution >= 0.6 is 11.3 Å². The van der Waals surface area contributed by atoms with Crippen molar-refractivity contribution in [2.24, 2.45) is 12.0 Å². The molecule has 0 bridgehead atoms. The van der Waals surface area contributed by atoms with E-state index in [0.29, 0.717) is 29.0 Å². The van der Waals surface area contributed by atoms with E-state index in [-0.39, 0.29) is 10.5 Å². The maximum absolute atomic E-state index is 13.2. The van der Waals surface area contributed by atoms with Gasteiger partial charge in [0.1, 0.15) is 0 Å². The molecule has 1 amide bonds. The van der Waals surface area contributed by atoms with E-state index in [1.165, 1.54) is 47.0 Å². The summed E-state index contributed by atoms with van der Waals surface area (Å²) in [7, 11) is -0.635. The van der Waals surface area contributed by atoms with E-state index < -0.39 is 21.9 Å². The average molecular weight is 508 g/mol. The molecule has 0 atom stereocenters. The Balaban J connectivity index is 1.43. The summed E-state index contributed by atoms with van der Waals surface area (Å²) in [6, 6.07) is 18.4. The first-order valence-electron chi connectivity index (χ1n) is 10.8. The molecule has 5 rings (SSSR count). The number of ether oxygens (including phenoxy) is 1. The zero-order chi connectivity index (χ0) is 24.7. The first kappa shape index (κ1) is 23.0. The van der Waals surface area contributed by atoms with Gasteiger partial charge in [0, 0.05) is 19.2 Å². The lowest BCUT2D eigenvalue weighted by molar-refractivity contribution is 0.0600. The molecule has 35 heavy (non-hydrogen) atoms. The van der Waals surface area contributed by atoms with Crippen molar-refractivity contribution < 1.29 is 22.7 Å². The molecular formula is C25H21N3O5S2. The molecule has 0 radical (unpaired) electrons. The van der Waals surface area contributed by atoms with Gasteiger partial charge in [-0.1, -0.05) is 29.5 Å². The van der Waals surface area contributed by atoms with Crippen LogP contribution in [-0.2, 0) is 28.2 Å². The topological polar surface area (TPSA) is 98.0 Å². The number of aryl methyl sites for hydroxylation is 1. The zero-order valence-corrected chi connectivity index (χ0v) is 20.6. The minimum absolute atomic E-state index is 0.119. The van der Waals surface area contributed by atoms with Crippen molar-refractivity contribution in [1.82, 2.24) is 4.57 Å². The molecule has 8 nitrogen and oxygen atoms in total. The summed E-state index contributed by atoms with van der Waals surface area (Å²) < 4.78 is 35.1. The SMILES string of the molecule is COC(=O)c1ccc2c(c1)sc(=NC(=O)c1ccc(S(=O)(=O)N3CCc4ccccc43)cc1)n2C. The van der Waals surface area contributed by atoms with Crippen molar-refractivity contribution in [3.8, 4) is 0 Å². The molecule has 0 aliphatic carbocycles. The van der Waals surface area contributed by atoms with Crippen LogP contribution in [0.15, 0.2) is 76.6 Å². The van der Waals surface area contributed by atoms with Gasteiger partial charge in [-0.05, 0) is 60.5 Å². The molecule has 1 aliphatic rings. The normalized spacial score (nSPS) is 13.8. The van der Waals surface area contributed by atoms with Gasteiger partial charge in [-0.15, -0.1) is 0 Å². The number of sulfonamides is 1. The van der Waals surface area contributed by atoms with E-state index in [1.807, 2.05) is 18.2 Å². The van der Waals surface area contributed by atoms with Gasteiger partial charge in [0.2, 0.25) is 0 Å². The number of esters is 1. The lowest BCUT2D eigenvalue weighted by Crippen LogP contribution is -2.29. The molecule has 4 aromatic rings. The number of fused-ring (bicyclic) bond motifs is 2. The fraction of sp³-hybridized carbons (Fsp3) is 0.160. The van der Waals surface area contributed by atoms with Crippen LogP contribution in [0.1, 0.15) is 26.3 Å². The Morgan fingerprint density at radius 1 is 1.00 bits per heavy atom. The predicted molar refractivity (Wildman–Crippen MR) is 133 cm³/mol. The van der Waals surface area contributed by atoms with Crippen LogP contribution in [0.5, 0.6) is 0 Å². The molecule has 178 valence electrons. The van der Waals surface area contributed by atoms with Crippen molar-refractivity contribution in [1.29, 1.82) is 0 Å². The van der Waals surface area contributed by atoms with E-state index in [9.17, 15) is 18.0 Å². The molecule has 0 saturated carbocycles. The van der Waals surface area contributed by atoms with Gasteiger partial charge < -0.3 is 9.30 Å². The molecule has 2 heterocycles. The highest BCUT2D eigenvalue weighted by molar-refractivity contribution is 7.92. The number of nitrogens with zero attached hydrogens (tertiary/aromatic N) is 3. The number of carbonyl (C=O) groups excluding carboxylic acids is 2. The summed E-state index contributed by atoms with van der Waals surface area (Å²) >= 11 is 1.27. The van der Waals surface area contributed by atoms with Crippen molar-refractivity contribution in [2.45, 2.75) is 11.3 Å². The van der Waals surface area contributed by atoms with Gasteiger partial charge in [-0.25, -0.2) is 13.2 Å². The standard InChI is InChI=1S/C25H21N3O5S2/c1-27-21-12-9-18(24(30)33-2)15-22(21)34-25(27)26-23(29)17-7-10-19(11-8-17)35(31,32)28-14-13-16-5-3-4-6-20(16)28/h3-12,15H,13-14H2,1-2H3. The summed E-state index contributed by atoms with van der Waals surface area (Å²) in [5, 5.41) is 0. The number of rotatable bonds is 4. The van der Waals surface area contributed by atoms with Crippen LogP contribution in [0.2, 0.25) is 0 Å². The third-order valence-corrected chi connectivity index (χ3v) is 8.88. The van der Waals surface area contributed by atoms with E-state index in [1.54, 1.807) is 35.9 Å². The van der Waals surface area contributed by atoms with Crippen LogP contribution in [-0.4, -0.2) is 38.5 Å². The summed E-state index contributed by atoms with van der Waals surface area (Å²) in [4.78, 5) is 29.4. The minimum atomic E-state index is -3.74. The molecule has 0 fully saturated rings. The van der Waals surface area contributed by atoms with Crippen LogP contribution < -0.4 is 9.11 Å². The third kappa shape index (κ3) is 4.04. The Hall–Kier alpha value is -3.76. The fourth-order valence-electron chi connectivity index (χ4n) is 4.09. The zero-order valence-electron chi connectivity index (χ0n) is 19.0. The smallest absolute Gasteiger partial charge is 0.337 e. The van der Waals surface area contributed by atoms with Crippen molar-refractivity contribution >= 4 is 49.1 Å². The summed E-state index contributed by atoms with van der Waals surface area (Å²) in [5.74, 6) is -0.930. The Morgan fingerprint density at radius 3 is 2.46 bits per heavy atom. The maximum Gasteiger partial charge on any atom is 0.337 e. The van der Waals surface area contributed by atoms with Crippen LogP contribution in [0, 0.1) is 0 Å². The van der Waals surface area contributed by atoms with Gasteiger partial charge >= 0.3 is 5.97 Å².